The molecule has 0 fully saturated rings. The van der Waals surface area contributed by atoms with Crippen LogP contribution in [-0.4, -0.2) is 9.97 Å². The first kappa shape index (κ1) is 54.3. The molecule has 2 nitrogen and oxygen atoms in total. The van der Waals surface area contributed by atoms with Gasteiger partial charge in [-0.15, -0.1) is 58.7 Å². The van der Waals surface area contributed by atoms with Gasteiger partial charge in [0.05, 0.1) is 11.0 Å². The quantitative estimate of drug-likeness (QED) is 0.155. The molecule has 80 heavy (non-hydrogen) atoms. The van der Waals surface area contributed by atoms with Crippen molar-refractivity contribution in [3.05, 3.63) is 275 Å². The van der Waals surface area contributed by atoms with E-state index in [0.29, 0.717) is 0 Å². The van der Waals surface area contributed by atoms with Crippen molar-refractivity contribution in [1.82, 2.24) is 9.97 Å². The fourth-order valence-corrected chi connectivity index (χ4v) is 12.8. The third-order valence-corrected chi connectivity index (χ3v) is 16.7. The van der Waals surface area contributed by atoms with Crippen LogP contribution in [0.15, 0.2) is 218 Å². The Hall–Kier alpha value is -7.68. The summed E-state index contributed by atoms with van der Waals surface area (Å²) in [4.78, 5) is 10.4. The second-order valence-electron chi connectivity index (χ2n) is 22.6. The first-order valence-corrected chi connectivity index (χ1v) is 27.3. The fourth-order valence-electron chi connectivity index (χ4n) is 12.8. The molecular formula is C76H60Ir2N2-2. The molecule has 0 atom stereocenters. The number of fused-ring (bicyclic) bond motifs is 8. The summed E-state index contributed by atoms with van der Waals surface area (Å²) >= 11 is 0. The van der Waals surface area contributed by atoms with Crippen molar-refractivity contribution in [2.45, 2.75) is 66.2 Å². The maximum atomic E-state index is 5.20. The SMILES string of the molecule is Cc1cc(C)cc(-c2ccc3nc(-c4[c-]cc5c(c4)C(C)(C)c4ccccc4-5)cc(-c4ccccc4)c3c2)c1.Cc1cccc(C)c1-c1ccc2nc(-c3[c-]cc4c(c3)C(C)(C)c3ccccc3-4)cc(-c3ccccc3)c2c1.[Ir].[Ir]. The van der Waals surface area contributed by atoms with Gasteiger partial charge in [0.15, 0.2) is 0 Å². The first-order chi connectivity index (χ1) is 37.8. The van der Waals surface area contributed by atoms with E-state index in [-0.39, 0.29) is 51.0 Å². The second kappa shape index (κ2) is 21.4. The Morgan fingerprint density at radius 1 is 0.325 bits per heavy atom. The van der Waals surface area contributed by atoms with E-state index in [2.05, 4.69) is 286 Å². The van der Waals surface area contributed by atoms with Crippen LogP contribution in [0.2, 0.25) is 0 Å². The normalized spacial score (nSPS) is 13.0. The van der Waals surface area contributed by atoms with Gasteiger partial charge in [0, 0.05) is 51.0 Å². The topological polar surface area (TPSA) is 25.8 Å². The van der Waals surface area contributed by atoms with E-state index in [1.807, 2.05) is 0 Å². The van der Waals surface area contributed by atoms with Crippen LogP contribution >= 0.6 is 0 Å². The molecule has 2 radical (unpaired) electrons. The van der Waals surface area contributed by atoms with E-state index in [0.717, 1.165) is 38.9 Å². The Labute approximate surface area is 498 Å². The van der Waals surface area contributed by atoms with E-state index in [4.69, 9.17) is 9.97 Å². The van der Waals surface area contributed by atoms with E-state index in [1.54, 1.807) is 0 Å². The summed E-state index contributed by atoms with van der Waals surface area (Å²) in [6.45, 7) is 18.0. The summed E-state index contributed by atoms with van der Waals surface area (Å²) in [7, 11) is 0. The Bertz CT molecular complexity index is 4320. The van der Waals surface area contributed by atoms with Crippen LogP contribution in [0.4, 0.5) is 0 Å². The molecule has 2 aliphatic carbocycles. The van der Waals surface area contributed by atoms with Crippen molar-refractivity contribution in [3.8, 4) is 89.3 Å². The molecule has 4 heteroatoms. The summed E-state index contributed by atoms with van der Waals surface area (Å²) in [5, 5.41) is 2.33. The van der Waals surface area contributed by atoms with Gasteiger partial charge in [0.2, 0.25) is 0 Å². The van der Waals surface area contributed by atoms with Crippen LogP contribution in [0.5, 0.6) is 0 Å². The second-order valence-corrected chi connectivity index (χ2v) is 22.6. The number of hydrogen-bond donors (Lipinski definition) is 0. The van der Waals surface area contributed by atoms with Gasteiger partial charge in [-0.2, -0.15) is 0 Å². The number of aromatic nitrogens is 2. The zero-order valence-corrected chi connectivity index (χ0v) is 51.1. The minimum absolute atomic E-state index is 0. The summed E-state index contributed by atoms with van der Waals surface area (Å²) in [5.41, 5.74) is 31.4. The molecular weight excluding hydrogens is 1330 g/mol. The van der Waals surface area contributed by atoms with Crippen molar-refractivity contribution in [2.75, 3.05) is 0 Å². The molecule has 0 spiro atoms. The van der Waals surface area contributed by atoms with Gasteiger partial charge in [-0.25, -0.2) is 0 Å². The predicted octanol–water partition coefficient (Wildman–Crippen LogP) is 19.9. The molecule has 394 valence electrons. The summed E-state index contributed by atoms with van der Waals surface area (Å²) < 4.78 is 0. The minimum atomic E-state index is -0.0603. The van der Waals surface area contributed by atoms with Gasteiger partial charge in [0.1, 0.15) is 0 Å². The molecule has 0 unspecified atom stereocenters. The van der Waals surface area contributed by atoms with Crippen molar-refractivity contribution in [3.63, 3.8) is 0 Å². The van der Waals surface area contributed by atoms with Gasteiger partial charge < -0.3 is 0 Å². The summed E-state index contributed by atoms with van der Waals surface area (Å²) in [5.74, 6) is 0. The molecule has 0 aliphatic heterocycles. The van der Waals surface area contributed by atoms with Crippen molar-refractivity contribution >= 4 is 21.8 Å². The Balaban J connectivity index is 0.000000165. The number of hydrogen-bond acceptors (Lipinski definition) is 2. The van der Waals surface area contributed by atoms with E-state index in [9.17, 15) is 0 Å². The molecule has 10 aromatic carbocycles. The maximum Gasteiger partial charge on any atom is 0.0602 e. The third kappa shape index (κ3) is 9.53. The van der Waals surface area contributed by atoms with Crippen molar-refractivity contribution < 1.29 is 40.2 Å². The monoisotopic (exact) mass is 1390 g/mol. The first-order valence-electron chi connectivity index (χ1n) is 27.3. The Morgan fingerprint density at radius 2 is 0.750 bits per heavy atom. The standard InChI is InChI=1S/2C38H30N.2Ir/c1-24-11-10-12-25(2)37(24)28-18-20-35-32(21-28)31(26-13-6-5-7-14-26)23-36(39-35)27-17-19-30-29-15-8-9-16-33(29)38(3,4)34(30)22-27;1-24-18-25(2)20-29(19-24)27-15-17-36-33(21-27)32(26-10-6-5-7-11-26)23-37(39-36)28-14-16-31-30-12-8-9-13-34(30)38(3,4)35(31)22-28;;/h5-16,18-23H,1-4H3;5-13,15-23H,1-4H3;;/q2*-1;;. The van der Waals surface area contributed by atoms with Crippen molar-refractivity contribution in [1.29, 1.82) is 0 Å². The van der Waals surface area contributed by atoms with Crippen LogP contribution in [0.25, 0.3) is 111 Å². The van der Waals surface area contributed by atoms with Crippen LogP contribution in [-0.2, 0) is 51.0 Å². The van der Waals surface area contributed by atoms with E-state index in [1.165, 1.54) is 117 Å². The van der Waals surface area contributed by atoms with Crippen LogP contribution in [0, 0.1) is 39.8 Å². The Morgan fingerprint density at radius 3 is 1.23 bits per heavy atom. The Kier molecular flexibility index (Phi) is 14.5. The van der Waals surface area contributed by atoms with Crippen LogP contribution < -0.4 is 0 Å². The number of nitrogens with zero attached hydrogens (tertiary/aromatic N) is 2. The largest absolute Gasteiger partial charge is 0.296 e. The van der Waals surface area contributed by atoms with Gasteiger partial charge >= 0.3 is 0 Å². The molecule has 0 amide bonds. The zero-order chi connectivity index (χ0) is 53.5. The number of aryl methyl sites for hydroxylation is 4. The molecule has 0 N–H and O–H groups in total. The molecule has 2 heterocycles. The summed E-state index contributed by atoms with van der Waals surface area (Å²) in [6.07, 6.45) is 0. The van der Waals surface area contributed by atoms with Gasteiger partial charge in [-0.3, -0.25) is 9.97 Å². The smallest absolute Gasteiger partial charge is 0.0602 e. The molecule has 2 aliphatic rings. The third-order valence-electron chi connectivity index (χ3n) is 16.7. The van der Waals surface area contributed by atoms with Crippen LogP contribution in [0.1, 0.15) is 72.2 Å². The molecule has 0 saturated carbocycles. The molecule has 14 rings (SSSR count). The number of pyridine rings is 2. The predicted molar refractivity (Wildman–Crippen MR) is 328 cm³/mol. The number of rotatable bonds is 6. The van der Waals surface area contributed by atoms with Crippen LogP contribution in [0.3, 0.4) is 0 Å². The average molecular weight is 1390 g/mol. The van der Waals surface area contributed by atoms with Gasteiger partial charge in [-0.1, -0.05) is 231 Å². The van der Waals surface area contributed by atoms with E-state index >= 15 is 0 Å². The molecule has 12 aromatic rings. The van der Waals surface area contributed by atoms with E-state index < -0.39 is 0 Å². The van der Waals surface area contributed by atoms with Crippen molar-refractivity contribution in [2.24, 2.45) is 0 Å². The van der Waals surface area contributed by atoms with Gasteiger partial charge in [-0.05, 0) is 141 Å². The number of benzene rings is 10. The maximum absolute atomic E-state index is 5.20. The van der Waals surface area contributed by atoms with Gasteiger partial charge in [0.25, 0.3) is 0 Å². The molecule has 2 aromatic heterocycles. The molecule has 0 bridgehead atoms. The average Bonchev–Trinajstić information content (AvgIpc) is 3.84. The molecule has 0 saturated heterocycles. The fraction of sp³-hybridized carbons (Fsp3) is 0.132. The summed E-state index contributed by atoms with van der Waals surface area (Å²) in [6, 6.07) is 86.1. The zero-order valence-electron chi connectivity index (χ0n) is 46.3. The minimum Gasteiger partial charge on any atom is -0.296 e.